The molecule has 0 fully saturated rings. The van der Waals surface area contributed by atoms with Gasteiger partial charge in [0.25, 0.3) is 0 Å². The summed E-state index contributed by atoms with van der Waals surface area (Å²) in [6, 6.07) is 14.8. The van der Waals surface area contributed by atoms with Crippen molar-refractivity contribution >= 4 is 11.7 Å². The molecule has 3 N–H and O–H groups in total. The third-order valence-electron chi connectivity index (χ3n) is 4.97. The van der Waals surface area contributed by atoms with Crippen LogP contribution in [-0.4, -0.2) is 27.8 Å². The summed E-state index contributed by atoms with van der Waals surface area (Å²) >= 11 is 0. The van der Waals surface area contributed by atoms with Crippen LogP contribution in [0.3, 0.4) is 0 Å². The summed E-state index contributed by atoms with van der Waals surface area (Å²) in [6.07, 6.45) is -4.60. The molecule has 10 heteroatoms. The Balaban J connectivity index is 1.65. The van der Waals surface area contributed by atoms with Gasteiger partial charge in [-0.05, 0) is 41.3 Å². The molecule has 176 valence electrons. The lowest BCUT2D eigenvalue weighted by Crippen LogP contribution is -2.18. The number of nitrogens with one attached hydrogen (secondary N) is 2. The van der Waals surface area contributed by atoms with Crippen molar-refractivity contribution < 1.29 is 27.5 Å². The van der Waals surface area contributed by atoms with E-state index in [1.807, 2.05) is 36.4 Å². The highest BCUT2D eigenvalue weighted by Gasteiger charge is 2.38. The van der Waals surface area contributed by atoms with Gasteiger partial charge in [-0.1, -0.05) is 38.1 Å². The predicted molar refractivity (Wildman–Crippen MR) is 116 cm³/mol. The molecule has 0 saturated heterocycles. The van der Waals surface area contributed by atoms with E-state index in [-0.39, 0.29) is 24.3 Å². The van der Waals surface area contributed by atoms with Gasteiger partial charge in [-0.3, -0.25) is 4.79 Å². The predicted octanol–water partition coefficient (Wildman–Crippen LogP) is 5.13. The molecule has 0 amide bonds. The molecular weight excluding hydrogens is 437 g/mol. The average molecular weight is 462 g/mol. The van der Waals surface area contributed by atoms with Gasteiger partial charge in [0.1, 0.15) is 0 Å². The molecule has 0 bridgehead atoms. The Hall–Kier alpha value is -3.40. The van der Waals surface area contributed by atoms with Crippen LogP contribution in [0.15, 0.2) is 52.9 Å². The summed E-state index contributed by atoms with van der Waals surface area (Å²) in [7, 11) is 0. The fourth-order valence-electron chi connectivity index (χ4n) is 3.25. The van der Waals surface area contributed by atoms with E-state index in [1.54, 1.807) is 12.1 Å². The topological polar surface area (TPSA) is 100 Å². The van der Waals surface area contributed by atoms with Crippen molar-refractivity contribution in [2.75, 3.05) is 11.9 Å². The monoisotopic (exact) mass is 462 g/mol. The highest BCUT2D eigenvalue weighted by Crippen LogP contribution is 2.32. The first-order valence-electron chi connectivity index (χ1n) is 10.4. The Morgan fingerprint density at radius 2 is 1.73 bits per heavy atom. The highest BCUT2D eigenvalue weighted by molar-refractivity contribution is 5.66. The van der Waals surface area contributed by atoms with Crippen LogP contribution in [-0.2, 0) is 17.5 Å². The van der Waals surface area contributed by atoms with Crippen molar-refractivity contribution in [2.45, 2.75) is 39.0 Å². The third kappa shape index (κ3) is 6.79. The number of rotatable bonds is 10. The number of hydrogen-bond acceptors (Lipinski definition) is 6. The molecule has 0 spiro atoms. The first kappa shape index (κ1) is 24.2. The summed E-state index contributed by atoms with van der Waals surface area (Å²) in [5, 5.41) is 21.8. The molecule has 1 heterocycles. The number of hydrogen-bond donors (Lipinski definition) is 3. The molecule has 1 atom stereocenters. The van der Waals surface area contributed by atoms with Crippen molar-refractivity contribution in [1.29, 1.82) is 0 Å². The van der Waals surface area contributed by atoms with E-state index < -0.39 is 18.0 Å². The number of carbonyl (C=O) groups is 1. The molecule has 0 unspecified atom stereocenters. The molecule has 3 aromatic rings. The summed E-state index contributed by atoms with van der Waals surface area (Å²) < 4.78 is 42.8. The fraction of sp³-hybridized carbons (Fsp3) is 0.348. The van der Waals surface area contributed by atoms with Gasteiger partial charge in [-0.25, -0.2) is 0 Å². The second-order valence-corrected chi connectivity index (χ2v) is 7.92. The lowest BCUT2D eigenvalue weighted by atomic mass is 9.94. The molecule has 3 rings (SSSR count). The van der Waals surface area contributed by atoms with Crippen molar-refractivity contribution in [3.63, 3.8) is 0 Å². The van der Waals surface area contributed by atoms with E-state index in [1.165, 1.54) is 0 Å². The van der Waals surface area contributed by atoms with E-state index in [9.17, 15) is 18.0 Å². The molecule has 1 aromatic heterocycles. The number of aromatic nitrogens is 2. The standard InChI is InChI=1S/C23H25F3N4O3/c1-14(2)20(28-18-9-3-15(4-10-18)13-27-12-11-19(31)32)16-5-7-17(8-6-16)21-29-30-22(33-21)23(24,25)26/h3-10,14,20,27-28H,11-13H2,1-2H3,(H,31,32)/t20-/m1/s1. The van der Waals surface area contributed by atoms with Gasteiger partial charge >= 0.3 is 18.0 Å². The van der Waals surface area contributed by atoms with Gasteiger partial charge in [0, 0.05) is 24.3 Å². The Morgan fingerprint density at radius 3 is 2.27 bits per heavy atom. The van der Waals surface area contributed by atoms with Crippen LogP contribution >= 0.6 is 0 Å². The summed E-state index contributed by atoms with van der Waals surface area (Å²) in [5.74, 6) is -2.16. The zero-order valence-electron chi connectivity index (χ0n) is 18.2. The van der Waals surface area contributed by atoms with Crippen molar-refractivity contribution in [3.05, 3.63) is 65.5 Å². The lowest BCUT2D eigenvalue weighted by molar-refractivity contribution is -0.157. The maximum absolute atomic E-state index is 12.7. The van der Waals surface area contributed by atoms with Crippen LogP contribution in [0.5, 0.6) is 0 Å². The number of benzene rings is 2. The summed E-state index contributed by atoms with van der Waals surface area (Å²) in [5.41, 5.74) is 3.32. The molecule has 7 nitrogen and oxygen atoms in total. The molecule has 2 aromatic carbocycles. The van der Waals surface area contributed by atoms with Gasteiger partial charge in [0.15, 0.2) is 0 Å². The number of carboxylic acid groups (broad SMARTS) is 1. The quantitative estimate of drug-likeness (QED) is 0.359. The third-order valence-corrected chi connectivity index (χ3v) is 4.97. The SMILES string of the molecule is CC(C)[C@@H](Nc1ccc(CNCCC(=O)O)cc1)c1ccc(-c2nnc(C(F)(F)F)o2)cc1. The van der Waals surface area contributed by atoms with E-state index >= 15 is 0 Å². The maximum Gasteiger partial charge on any atom is 0.470 e. The Kier molecular flexibility index (Phi) is 7.70. The largest absolute Gasteiger partial charge is 0.481 e. The number of carboxylic acids is 1. The molecule has 33 heavy (non-hydrogen) atoms. The zero-order valence-corrected chi connectivity index (χ0v) is 18.2. The van der Waals surface area contributed by atoms with Gasteiger partial charge in [-0.2, -0.15) is 13.2 Å². The smallest absolute Gasteiger partial charge is 0.470 e. The van der Waals surface area contributed by atoms with Crippen molar-refractivity contribution in [1.82, 2.24) is 15.5 Å². The van der Waals surface area contributed by atoms with Crippen molar-refractivity contribution in [2.24, 2.45) is 5.92 Å². The molecule has 0 aliphatic carbocycles. The van der Waals surface area contributed by atoms with E-state index in [0.29, 0.717) is 18.7 Å². The first-order valence-corrected chi connectivity index (χ1v) is 10.4. The van der Waals surface area contributed by atoms with Crippen molar-refractivity contribution in [3.8, 4) is 11.5 Å². The number of nitrogens with zero attached hydrogens (tertiary/aromatic N) is 2. The van der Waals surface area contributed by atoms with Crippen LogP contribution in [0.25, 0.3) is 11.5 Å². The molecule has 0 aliphatic rings. The number of halogens is 3. The lowest BCUT2D eigenvalue weighted by Gasteiger charge is -2.24. The van der Waals surface area contributed by atoms with E-state index in [0.717, 1.165) is 16.8 Å². The van der Waals surface area contributed by atoms with Crippen LogP contribution in [0, 0.1) is 5.92 Å². The van der Waals surface area contributed by atoms with Gasteiger partial charge in [-0.15, -0.1) is 10.2 Å². The van der Waals surface area contributed by atoms with Gasteiger partial charge in [0.2, 0.25) is 5.89 Å². The fourth-order valence-corrected chi connectivity index (χ4v) is 3.25. The average Bonchev–Trinajstić information content (AvgIpc) is 3.27. The summed E-state index contributed by atoms with van der Waals surface area (Å²) in [6.45, 7) is 5.12. The van der Waals surface area contributed by atoms with Crippen LogP contribution < -0.4 is 10.6 Å². The minimum absolute atomic E-state index is 0.0352. The van der Waals surface area contributed by atoms with Crippen LogP contribution in [0.2, 0.25) is 0 Å². The molecule has 0 saturated carbocycles. The van der Waals surface area contributed by atoms with Gasteiger partial charge in [0.05, 0.1) is 12.5 Å². The Morgan fingerprint density at radius 1 is 1.06 bits per heavy atom. The summed E-state index contributed by atoms with van der Waals surface area (Å²) in [4.78, 5) is 10.6. The number of alkyl halides is 3. The number of anilines is 1. The van der Waals surface area contributed by atoms with E-state index in [2.05, 4.69) is 34.7 Å². The van der Waals surface area contributed by atoms with Gasteiger partial charge < -0.3 is 20.2 Å². The van der Waals surface area contributed by atoms with E-state index in [4.69, 9.17) is 9.52 Å². The minimum Gasteiger partial charge on any atom is -0.481 e. The second kappa shape index (κ2) is 10.5. The zero-order chi connectivity index (χ0) is 24.0. The molecule has 0 aliphatic heterocycles. The number of aliphatic carboxylic acids is 1. The Labute approximate surface area is 189 Å². The minimum atomic E-state index is -4.68. The molecular formula is C23H25F3N4O3. The first-order chi connectivity index (χ1) is 15.6. The highest BCUT2D eigenvalue weighted by atomic mass is 19.4. The maximum atomic E-state index is 12.7. The van der Waals surface area contributed by atoms with Crippen LogP contribution in [0.1, 0.15) is 43.3 Å². The molecule has 0 radical (unpaired) electrons. The normalized spacial score (nSPS) is 12.7. The Bertz CT molecular complexity index is 1050. The van der Waals surface area contributed by atoms with Crippen LogP contribution in [0.4, 0.5) is 18.9 Å². The second-order valence-electron chi connectivity index (χ2n) is 7.92.